The molecule has 0 radical (unpaired) electrons. The van der Waals surface area contributed by atoms with Crippen LogP contribution in [0.5, 0.6) is 0 Å². The summed E-state index contributed by atoms with van der Waals surface area (Å²) in [4.78, 5) is 27.7. The molecule has 0 saturated heterocycles. The monoisotopic (exact) mass is 366 g/mol. The lowest BCUT2D eigenvalue weighted by Gasteiger charge is -2.25. The molecule has 28 heavy (non-hydrogen) atoms. The van der Waals surface area contributed by atoms with Crippen LogP contribution < -0.4 is 10.2 Å². The van der Waals surface area contributed by atoms with E-state index in [9.17, 15) is 9.59 Å². The van der Waals surface area contributed by atoms with E-state index >= 15 is 0 Å². The molecular weight excluding hydrogens is 348 g/mol. The number of carbonyl (C=O) groups is 2. The third kappa shape index (κ3) is 2.38. The van der Waals surface area contributed by atoms with Gasteiger partial charge in [-0.05, 0) is 35.9 Å². The van der Waals surface area contributed by atoms with Crippen LogP contribution in [-0.2, 0) is 4.79 Å². The van der Waals surface area contributed by atoms with Crippen LogP contribution in [0.25, 0.3) is 21.5 Å². The van der Waals surface area contributed by atoms with Gasteiger partial charge in [0.1, 0.15) is 6.04 Å². The number of hydrogen-bond acceptors (Lipinski definition) is 2. The van der Waals surface area contributed by atoms with Crippen molar-refractivity contribution in [3.8, 4) is 0 Å². The lowest BCUT2D eigenvalue weighted by molar-refractivity contribution is -0.117. The Morgan fingerprint density at radius 3 is 2.39 bits per heavy atom. The van der Waals surface area contributed by atoms with Crippen molar-refractivity contribution in [1.82, 2.24) is 0 Å². The summed E-state index contributed by atoms with van der Waals surface area (Å²) < 4.78 is 0. The number of carbonyl (C=O) groups excluding carboxylic acids is 2. The van der Waals surface area contributed by atoms with E-state index in [1.165, 1.54) is 0 Å². The molecule has 0 unspecified atom stereocenters. The molecule has 4 aromatic carbocycles. The van der Waals surface area contributed by atoms with Crippen molar-refractivity contribution in [3.63, 3.8) is 0 Å². The lowest BCUT2D eigenvalue weighted by atomic mass is 10.1. The first-order valence-electron chi connectivity index (χ1n) is 9.29. The van der Waals surface area contributed by atoms with Gasteiger partial charge in [-0.1, -0.05) is 60.7 Å². The lowest BCUT2D eigenvalue weighted by Crippen LogP contribution is -2.44. The quantitative estimate of drug-likeness (QED) is 0.556. The normalized spacial score (nSPS) is 13.9. The van der Waals surface area contributed by atoms with Crippen molar-refractivity contribution in [3.05, 3.63) is 84.4 Å². The average molecular weight is 366 g/mol. The molecular formula is C24H18N2O2. The fourth-order valence-corrected chi connectivity index (χ4v) is 4.01. The molecule has 5 rings (SSSR count). The van der Waals surface area contributed by atoms with Gasteiger partial charge in [0.15, 0.2) is 0 Å². The third-order valence-corrected chi connectivity index (χ3v) is 5.41. The van der Waals surface area contributed by atoms with Crippen LogP contribution in [0.4, 0.5) is 11.4 Å². The maximum absolute atomic E-state index is 13.1. The third-order valence-electron chi connectivity index (χ3n) is 5.41. The van der Waals surface area contributed by atoms with Gasteiger partial charge in [-0.15, -0.1) is 0 Å². The van der Waals surface area contributed by atoms with Crippen molar-refractivity contribution in [1.29, 1.82) is 0 Å². The molecule has 0 aromatic heterocycles. The highest BCUT2D eigenvalue weighted by Gasteiger charge is 2.35. The standard InChI is InChI=1S/C24H18N2O2/c1-15(23(27)25-20-13-5-8-16-7-2-3-11-18(16)20)26-21-14-6-10-17-9-4-12-19(22(17)21)24(26)28/h2-15H,1H3,(H,25,27)/t15-/m1/s1. The molecule has 1 aliphatic rings. The Morgan fingerprint density at radius 1 is 0.857 bits per heavy atom. The Hall–Kier alpha value is -3.66. The largest absolute Gasteiger partial charge is 0.324 e. The average Bonchev–Trinajstić information content (AvgIpc) is 3.01. The van der Waals surface area contributed by atoms with Crippen LogP contribution in [0.1, 0.15) is 17.3 Å². The number of nitrogens with one attached hydrogen (secondary N) is 1. The van der Waals surface area contributed by atoms with E-state index in [1.807, 2.05) is 78.9 Å². The molecule has 4 aromatic rings. The van der Waals surface area contributed by atoms with Crippen molar-refractivity contribution in [2.75, 3.05) is 10.2 Å². The van der Waals surface area contributed by atoms with Gasteiger partial charge in [-0.2, -0.15) is 0 Å². The SMILES string of the molecule is C[C@H](C(=O)Nc1cccc2ccccc12)N1C(=O)c2cccc3cccc1c23. The molecule has 1 heterocycles. The number of nitrogens with zero attached hydrogens (tertiary/aromatic N) is 1. The second kappa shape index (κ2) is 6.20. The van der Waals surface area contributed by atoms with Crippen LogP contribution in [-0.4, -0.2) is 17.9 Å². The Morgan fingerprint density at radius 2 is 1.54 bits per heavy atom. The predicted molar refractivity (Wildman–Crippen MR) is 113 cm³/mol. The first-order chi connectivity index (χ1) is 13.6. The van der Waals surface area contributed by atoms with Crippen LogP contribution in [0.3, 0.4) is 0 Å². The molecule has 0 spiro atoms. The second-order valence-corrected chi connectivity index (χ2v) is 7.05. The van der Waals surface area contributed by atoms with Crippen LogP contribution in [0.2, 0.25) is 0 Å². The predicted octanol–water partition coefficient (Wildman–Crippen LogP) is 4.98. The number of amides is 2. The summed E-state index contributed by atoms with van der Waals surface area (Å²) in [6, 6.07) is 24.6. The minimum absolute atomic E-state index is 0.132. The van der Waals surface area contributed by atoms with E-state index in [4.69, 9.17) is 0 Å². The highest BCUT2D eigenvalue weighted by atomic mass is 16.2. The maximum Gasteiger partial charge on any atom is 0.259 e. The summed E-state index contributed by atoms with van der Waals surface area (Å²) in [6.45, 7) is 1.77. The van der Waals surface area contributed by atoms with Gasteiger partial charge in [0.25, 0.3) is 5.91 Å². The minimum Gasteiger partial charge on any atom is -0.324 e. The highest BCUT2D eigenvalue weighted by Crippen LogP contribution is 2.38. The summed E-state index contributed by atoms with van der Waals surface area (Å²) in [5, 5.41) is 6.96. The van der Waals surface area contributed by atoms with Crippen molar-refractivity contribution >= 4 is 44.7 Å². The highest BCUT2D eigenvalue weighted by molar-refractivity contribution is 6.27. The molecule has 0 saturated carbocycles. The van der Waals surface area contributed by atoms with Crippen LogP contribution in [0, 0.1) is 0 Å². The number of benzene rings is 4. The molecule has 1 atom stereocenters. The molecule has 4 nitrogen and oxygen atoms in total. The summed E-state index contributed by atoms with van der Waals surface area (Å²) in [7, 11) is 0. The zero-order valence-electron chi connectivity index (χ0n) is 15.3. The molecule has 0 bridgehead atoms. The summed E-state index contributed by atoms with van der Waals surface area (Å²) in [5.41, 5.74) is 2.19. The first-order valence-corrected chi connectivity index (χ1v) is 9.29. The molecule has 0 fully saturated rings. The van der Waals surface area contributed by atoms with Crippen LogP contribution >= 0.6 is 0 Å². The number of anilines is 2. The molecule has 1 aliphatic heterocycles. The van der Waals surface area contributed by atoms with E-state index in [0.717, 1.165) is 32.9 Å². The first kappa shape index (κ1) is 16.5. The smallest absolute Gasteiger partial charge is 0.259 e. The van der Waals surface area contributed by atoms with E-state index in [2.05, 4.69) is 5.32 Å². The van der Waals surface area contributed by atoms with Crippen LogP contribution in [0.15, 0.2) is 78.9 Å². The molecule has 4 heteroatoms. The minimum atomic E-state index is -0.635. The van der Waals surface area contributed by atoms with Gasteiger partial charge in [0.2, 0.25) is 5.91 Å². The summed E-state index contributed by atoms with van der Waals surface area (Å²) >= 11 is 0. The van der Waals surface area contributed by atoms with E-state index < -0.39 is 6.04 Å². The zero-order valence-corrected chi connectivity index (χ0v) is 15.3. The maximum atomic E-state index is 13.1. The van der Waals surface area contributed by atoms with Crippen molar-refractivity contribution in [2.24, 2.45) is 0 Å². The molecule has 2 amide bonds. The van der Waals surface area contributed by atoms with Gasteiger partial charge in [-0.25, -0.2) is 0 Å². The Labute approximate surface area is 162 Å². The van der Waals surface area contributed by atoms with Crippen molar-refractivity contribution < 1.29 is 9.59 Å². The van der Waals surface area contributed by atoms with Gasteiger partial charge in [-0.3, -0.25) is 14.5 Å². The Bertz CT molecular complexity index is 1250. The fraction of sp³-hybridized carbons (Fsp3) is 0.0833. The zero-order chi connectivity index (χ0) is 19.3. The van der Waals surface area contributed by atoms with Gasteiger partial charge in [0.05, 0.1) is 5.69 Å². The number of fused-ring (bicyclic) bond motifs is 1. The topological polar surface area (TPSA) is 49.4 Å². The fourth-order valence-electron chi connectivity index (χ4n) is 4.01. The Balaban J connectivity index is 1.50. The van der Waals surface area contributed by atoms with E-state index in [1.54, 1.807) is 11.8 Å². The number of rotatable bonds is 3. The Kier molecular flexibility index (Phi) is 3.66. The van der Waals surface area contributed by atoms with Crippen molar-refractivity contribution in [2.45, 2.75) is 13.0 Å². The van der Waals surface area contributed by atoms with Gasteiger partial charge in [0, 0.05) is 22.0 Å². The molecule has 136 valence electrons. The molecule has 1 N–H and O–H groups in total. The van der Waals surface area contributed by atoms with E-state index in [0.29, 0.717) is 5.56 Å². The van der Waals surface area contributed by atoms with E-state index in [-0.39, 0.29) is 11.8 Å². The second-order valence-electron chi connectivity index (χ2n) is 7.05. The molecule has 0 aliphatic carbocycles. The summed E-state index contributed by atoms with van der Waals surface area (Å²) in [5.74, 6) is -0.345. The van der Waals surface area contributed by atoms with Gasteiger partial charge < -0.3 is 5.32 Å². The van der Waals surface area contributed by atoms with Gasteiger partial charge >= 0.3 is 0 Å². The number of hydrogen-bond donors (Lipinski definition) is 1. The summed E-state index contributed by atoms with van der Waals surface area (Å²) in [6.07, 6.45) is 0.